The van der Waals surface area contributed by atoms with Crippen LogP contribution in [0.5, 0.6) is 0 Å². The number of rotatable bonds is 35. The molecule has 0 aromatic rings. The first-order valence-electron chi connectivity index (χ1n) is 20.0. The van der Waals surface area contributed by atoms with Crippen LogP contribution in [0.3, 0.4) is 0 Å². The van der Waals surface area contributed by atoms with Gasteiger partial charge in [-0.25, -0.2) is 4.57 Å². The van der Waals surface area contributed by atoms with Crippen LogP contribution < -0.4 is 0 Å². The van der Waals surface area contributed by atoms with E-state index in [2.05, 4.69) is 48.8 Å². The van der Waals surface area contributed by atoms with Crippen LogP contribution in [0.15, 0.2) is 85.1 Å². The van der Waals surface area contributed by atoms with Crippen molar-refractivity contribution in [1.82, 2.24) is 0 Å². The van der Waals surface area contributed by atoms with E-state index in [0.29, 0.717) is 32.1 Å². The van der Waals surface area contributed by atoms with E-state index in [1.165, 1.54) is 57.8 Å². The third kappa shape index (κ3) is 40.2. The Labute approximate surface area is 321 Å². The number of esters is 2. The molecular weight excluding hydrogens is 691 g/mol. The lowest BCUT2D eigenvalue weighted by molar-refractivity contribution is -0.161. The number of allylic oxidation sites excluding steroid dienone is 12. The fourth-order valence-electron chi connectivity index (χ4n) is 4.93. The molecule has 0 spiro atoms. The maximum atomic E-state index is 12.4. The number of carbonyl (C=O) groups is 2. The highest BCUT2D eigenvalue weighted by molar-refractivity contribution is 7.46. The number of unbranched alkanes of at least 4 members (excludes halogenated alkanes) is 11. The minimum absolute atomic E-state index is 0.111. The average molecular weight is 763 g/mol. The van der Waals surface area contributed by atoms with Gasteiger partial charge >= 0.3 is 19.8 Å². The molecule has 10 heteroatoms. The van der Waals surface area contributed by atoms with Gasteiger partial charge in [-0.05, 0) is 77.0 Å². The number of hydrogen-bond acceptors (Lipinski definition) is 7. The van der Waals surface area contributed by atoms with Crippen LogP contribution in [0, 0.1) is 0 Å². The van der Waals surface area contributed by atoms with Gasteiger partial charge in [0.1, 0.15) is 6.61 Å². The summed E-state index contributed by atoms with van der Waals surface area (Å²) in [5.74, 6) is -1.06. The zero-order valence-electron chi connectivity index (χ0n) is 32.7. The topological polar surface area (TPSA) is 140 Å². The lowest BCUT2D eigenvalue weighted by Crippen LogP contribution is -2.29. The predicted molar refractivity (Wildman–Crippen MR) is 217 cm³/mol. The van der Waals surface area contributed by atoms with Gasteiger partial charge in [0.2, 0.25) is 0 Å². The van der Waals surface area contributed by atoms with Crippen LogP contribution in [0.4, 0.5) is 0 Å². The molecule has 0 radical (unpaired) electrons. The summed E-state index contributed by atoms with van der Waals surface area (Å²) in [6.07, 6.45) is 46.2. The molecule has 0 fully saturated rings. The Bertz CT molecular complexity index is 1150. The number of phosphoric acid groups is 1. The van der Waals surface area contributed by atoms with Crippen LogP contribution in [-0.2, 0) is 28.2 Å². The number of aliphatic hydroxyl groups excluding tert-OH is 1. The van der Waals surface area contributed by atoms with Gasteiger partial charge in [-0.15, -0.1) is 0 Å². The van der Waals surface area contributed by atoms with Gasteiger partial charge in [0.05, 0.1) is 12.7 Å². The van der Waals surface area contributed by atoms with Crippen molar-refractivity contribution in [3.05, 3.63) is 85.1 Å². The van der Waals surface area contributed by atoms with Crippen molar-refractivity contribution in [3.63, 3.8) is 0 Å². The number of phosphoric ester groups is 1. The Balaban J connectivity index is 4.21. The molecule has 0 heterocycles. The van der Waals surface area contributed by atoms with Gasteiger partial charge in [0.15, 0.2) is 6.10 Å². The maximum absolute atomic E-state index is 12.4. The molecule has 0 aliphatic heterocycles. The second kappa shape index (κ2) is 37.5. The molecule has 0 aliphatic carbocycles. The second-order valence-electron chi connectivity index (χ2n) is 13.1. The molecule has 0 saturated heterocycles. The van der Waals surface area contributed by atoms with E-state index in [4.69, 9.17) is 19.3 Å². The van der Waals surface area contributed by atoms with Crippen LogP contribution in [0.2, 0.25) is 0 Å². The van der Waals surface area contributed by atoms with Crippen molar-refractivity contribution in [2.45, 2.75) is 161 Å². The highest BCUT2D eigenvalue weighted by Gasteiger charge is 2.22. The molecule has 0 aromatic heterocycles. The highest BCUT2D eigenvalue weighted by Crippen LogP contribution is 2.35. The number of hydrogen-bond donors (Lipinski definition) is 3. The first-order valence-corrected chi connectivity index (χ1v) is 21.5. The Kier molecular flexibility index (Phi) is 35.5. The molecular formula is C43H71O9P. The molecule has 0 amide bonds. The predicted octanol–water partition coefficient (Wildman–Crippen LogP) is 11.0. The molecule has 0 aromatic carbocycles. The summed E-state index contributed by atoms with van der Waals surface area (Å²) in [6.45, 7) is 3.47. The molecule has 0 unspecified atom stereocenters. The Morgan fingerprint density at radius 1 is 0.585 bits per heavy atom. The third-order valence-electron chi connectivity index (χ3n) is 7.97. The van der Waals surface area contributed by atoms with Gasteiger partial charge in [0.25, 0.3) is 0 Å². The smallest absolute Gasteiger partial charge is 0.462 e. The molecule has 0 bridgehead atoms. The fourth-order valence-corrected chi connectivity index (χ4v) is 5.29. The van der Waals surface area contributed by atoms with Crippen molar-refractivity contribution in [3.8, 4) is 0 Å². The van der Waals surface area contributed by atoms with Crippen LogP contribution >= 0.6 is 7.82 Å². The molecule has 9 nitrogen and oxygen atoms in total. The van der Waals surface area contributed by atoms with Gasteiger partial charge in [-0.1, -0.05) is 144 Å². The van der Waals surface area contributed by atoms with Crippen molar-refractivity contribution in [2.75, 3.05) is 13.2 Å². The van der Waals surface area contributed by atoms with Crippen molar-refractivity contribution in [1.29, 1.82) is 0 Å². The third-order valence-corrected chi connectivity index (χ3v) is 8.45. The van der Waals surface area contributed by atoms with E-state index >= 15 is 0 Å². The summed E-state index contributed by atoms with van der Waals surface area (Å²) in [6, 6.07) is 0. The van der Waals surface area contributed by atoms with Gasteiger partial charge < -0.3 is 24.4 Å². The maximum Gasteiger partial charge on any atom is 0.469 e. The van der Waals surface area contributed by atoms with E-state index in [0.717, 1.165) is 32.1 Å². The van der Waals surface area contributed by atoms with Gasteiger partial charge in [0, 0.05) is 12.8 Å². The average Bonchev–Trinajstić information content (AvgIpc) is 3.12. The zero-order valence-corrected chi connectivity index (χ0v) is 33.6. The zero-order chi connectivity index (χ0) is 39.1. The minimum atomic E-state index is -4.80. The van der Waals surface area contributed by atoms with Gasteiger partial charge in [-0.3, -0.25) is 14.1 Å². The van der Waals surface area contributed by atoms with Crippen molar-refractivity contribution >= 4 is 19.8 Å². The lowest BCUT2D eigenvalue weighted by Gasteiger charge is -2.18. The summed E-state index contributed by atoms with van der Waals surface area (Å²) in [5.41, 5.74) is 0. The monoisotopic (exact) mass is 762 g/mol. The standard InChI is InChI=1S/C43H71O9P/c1-3-5-7-9-11-12-13-14-15-16-17-18-19-20-24-29-33-37-43(46)52-41(39-51-53(47,48)49)38-50-42(45)36-32-28-25-21-23-27-31-35-40(44)34-30-26-22-10-8-6-4-2/h14-15,17-18,20-22,24-27,30-31,34,40-41,44H,3-13,16,19,23,28-29,32-33,35-39H2,1-2H3,(H2,47,48,49)/b15-14-,18-17-,24-20-,25-21+,26-22-,31-27-,34-30-/t40-,41-/m1/s1. The summed E-state index contributed by atoms with van der Waals surface area (Å²) in [5, 5.41) is 10.0. The molecule has 53 heavy (non-hydrogen) atoms. The Morgan fingerprint density at radius 3 is 1.70 bits per heavy atom. The van der Waals surface area contributed by atoms with Crippen LogP contribution in [0.1, 0.15) is 149 Å². The fraction of sp³-hybridized carbons (Fsp3) is 0.628. The molecule has 0 saturated carbocycles. The van der Waals surface area contributed by atoms with Crippen LogP contribution in [-0.4, -0.2) is 52.3 Å². The normalized spacial score (nSPS) is 14.0. The van der Waals surface area contributed by atoms with E-state index in [1.807, 2.05) is 48.6 Å². The van der Waals surface area contributed by atoms with E-state index in [1.54, 1.807) is 6.08 Å². The van der Waals surface area contributed by atoms with Gasteiger partial charge in [-0.2, -0.15) is 0 Å². The number of carbonyl (C=O) groups excluding carboxylic acids is 2. The highest BCUT2D eigenvalue weighted by atomic mass is 31.2. The van der Waals surface area contributed by atoms with Crippen LogP contribution in [0.25, 0.3) is 0 Å². The second-order valence-corrected chi connectivity index (χ2v) is 14.3. The molecule has 3 N–H and O–H groups in total. The number of aliphatic hydroxyl groups is 1. The minimum Gasteiger partial charge on any atom is -0.462 e. The molecule has 0 aliphatic rings. The largest absolute Gasteiger partial charge is 0.469 e. The van der Waals surface area contributed by atoms with E-state index < -0.39 is 38.6 Å². The number of ether oxygens (including phenoxy) is 2. The first-order chi connectivity index (χ1) is 25.7. The lowest BCUT2D eigenvalue weighted by atomic mass is 10.1. The van der Waals surface area contributed by atoms with Crippen molar-refractivity contribution in [2.24, 2.45) is 0 Å². The Morgan fingerprint density at radius 2 is 1.08 bits per heavy atom. The quantitative estimate of drug-likeness (QED) is 0.0189. The van der Waals surface area contributed by atoms with Crippen molar-refractivity contribution < 1.29 is 43.0 Å². The molecule has 2 atom stereocenters. The molecule has 0 rings (SSSR count). The SMILES string of the molecule is CCCCC/C=C\C=C/[C@@H](O)C/C=C\C/C=C/CCCC(=O)OC[C@H](COP(=O)(O)O)OC(=O)CCC/C=C\C/C=C\C/C=C\CCCCCCCC. The first kappa shape index (κ1) is 50.2. The van der Waals surface area contributed by atoms with E-state index in [-0.39, 0.29) is 19.4 Å². The summed E-state index contributed by atoms with van der Waals surface area (Å²) in [4.78, 5) is 42.7. The van der Waals surface area contributed by atoms with E-state index in [9.17, 15) is 19.3 Å². The molecule has 302 valence electrons. The summed E-state index contributed by atoms with van der Waals surface area (Å²) < 4.78 is 26.2. The summed E-state index contributed by atoms with van der Waals surface area (Å²) >= 11 is 0. The Hall–Kier alpha value is -2.81. The summed E-state index contributed by atoms with van der Waals surface area (Å²) in [7, 11) is -4.80.